The van der Waals surface area contributed by atoms with Gasteiger partial charge < -0.3 is 15.4 Å². The quantitative estimate of drug-likeness (QED) is 0.803. The van der Waals surface area contributed by atoms with Gasteiger partial charge in [0, 0.05) is 7.11 Å². The van der Waals surface area contributed by atoms with Gasteiger partial charge in [-0.2, -0.15) is 0 Å². The van der Waals surface area contributed by atoms with Gasteiger partial charge in [0.25, 0.3) is 0 Å². The van der Waals surface area contributed by atoms with Gasteiger partial charge in [-0.25, -0.2) is 4.39 Å². The first kappa shape index (κ1) is 14.6. The summed E-state index contributed by atoms with van der Waals surface area (Å²) >= 11 is 0. The highest BCUT2D eigenvalue weighted by atomic mass is 19.1. The maximum atomic E-state index is 12.8. The molecule has 2 atom stereocenters. The van der Waals surface area contributed by atoms with Gasteiger partial charge in [0.15, 0.2) is 0 Å². The first-order valence-corrected chi connectivity index (χ1v) is 5.80. The lowest BCUT2D eigenvalue weighted by Gasteiger charge is -2.24. The van der Waals surface area contributed by atoms with Gasteiger partial charge in [-0.05, 0) is 31.7 Å². The van der Waals surface area contributed by atoms with Crippen LogP contribution in [-0.4, -0.2) is 32.7 Å². The van der Waals surface area contributed by atoms with E-state index in [0.29, 0.717) is 0 Å². The number of likely N-dealkylation sites (N-methyl/N-ethyl adjacent to an activating group) is 1. The van der Waals surface area contributed by atoms with E-state index in [0.717, 1.165) is 5.56 Å². The number of amides is 1. The fourth-order valence-corrected chi connectivity index (χ4v) is 1.82. The summed E-state index contributed by atoms with van der Waals surface area (Å²) in [6.07, 6.45) is -0.300. The zero-order chi connectivity index (χ0) is 13.5. The second-order valence-electron chi connectivity index (χ2n) is 4.09. The molecule has 0 fully saturated rings. The van der Waals surface area contributed by atoms with Gasteiger partial charge in [-0.15, -0.1) is 0 Å². The third kappa shape index (κ3) is 4.09. The number of rotatable bonds is 6. The van der Waals surface area contributed by atoms with Crippen LogP contribution in [-0.2, 0) is 9.53 Å². The van der Waals surface area contributed by atoms with E-state index < -0.39 is 0 Å². The molecule has 1 aromatic rings. The van der Waals surface area contributed by atoms with E-state index in [1.165, 1.54) is 12.1 Å². The Bertz CT molecular complexity index is 381. The predicted molar refractivity (Wildman–Crippen MR) is 67.7 cm³/mol. The van der Waals surface area contributed by atoms with E-state index in [-0.39, 0.29) is 30.4 Å². The molecular weight excluding hydrogens is 235 g/mol. The molecule has 0 saturated carbocycles. The molecule has 1 amide bonds. The molecule has 0 bridgehead atoms. The fraction of sp³-hybridized carbons (Fsp3) is 0.462. The maximum absolute atomic E-state index is 12.8. The number of ether oxygens (including phenoxy) is 1. The highest BCUT2D eigenvalue weighted by Crippen LogP contribution is 2.20. The van der Waals surface area contributed by atoms with Gasteiger partial charge in [0.05, 0.1) is 12.6 Å². The average Bonchev–Trinajstić information content (AvgIpc) is 2.32. The highest BCUT2D eigenvalue weighted by Gasteiger charge is 2.20. The number of carbonyl (C=O) groups is 1. The molecule has 5 heteroatoms. The molecule has 4 nitrogen and oxygen atoms in total. The number of hydrogen-bond acceptors (Lipinski definition) is 3. The summed E-state index contributed by atoms with van der Waals surface area (Å²) in [4.78, 5) is 11.5. The molecule has 1 rings (SSSR count). The first-order chi connectivity index (χ1) is 8.58. The van der Waals surface area contributed by atoms with Gasteiger partial charge in [0.1, 0.15) is 11.9 Å². The molecule has 0 radical (unpaired) electrons. The second-order valence-corrected chi connectivity index (χ2v) is 4.09. The molecule has 18 heavy (non-hydrogen) atoms. The number of carbonyl (C=O) groups excluding carboxylic acids is 1. The molecule has 2 unspecified atom stereocenters. The SMILES string of the molecule is CNCC(=O)NC(C)C(OC)c1ccc(F)cc1. The van der Waals surface area contributed by atoms with Crippen molar-refractivity contribution in [3.8, 4) is 0 Å². The Hall–Kier alpha value is -1.46. The maximum Gasteiger partial charge on any atom is 0.234 e. The van der Waals surface area contributed by atoms with Crippen molar-refractivity contribution < 1.29 is 13.9 Å². The van der Waals surface area contributed by atoms with E-state index in [2.05, 4.69) is 10.6 Å². The number of nitrogens with one attached hydrogen (secondary N) is 2. The van der Waals surface area contributed by atoms with Crippen molar-refractivity contribution in [2.24, 2.45) is 0 Å². The molecule has 0 aliphatic carbocycles. The largest absolute Gasteiger partial charge is 0.375 e. The third-order valence-corrected chi connectivity index (χ3v) is 2.63. The summed E-state index contributed by atoms with van der Waals surface area (Å²) < 4.78 is 18.2. The number of hydrogen-bond donors (Lipinski definition) is 2. The van der Waals surface area contributed by atoms with E-state index in [1.807, 2.05) is 6.92 Å². The van der Waals surface area contributed by atoms with E-state index in [9.17, 15) is 9.18 Å². The summed E-state index contributed by atoms with van der Waals surface area (Å²) in [5.41, 5.74) is 0.830. The van der Waals surface area contributed by atoms with Crippen LogP contribution in [0.2, 0.25) is 0 Å². The number of methoxy groups -OCH3 is 1. The Morgan fingerprint density at radius 3 is 2.50 bits per heavy atom. The molecule has 0 aromatic heterocycles. The standard InChI is InChI=1S/C13H19FN2O2/c1-9(16-12(17)8-15-2)13(18-3)10-4-6-11(14)7-5-10/h4-7,9,13,15H,8H2,1-3H3,(H,16,17). The first-order valence-electron chi connectivity index (χ1n) is 5.80. The Morgan fingerprint density at radius 1 is 1.39 bits per heavy atom. The second kappa shape index (κ2) is 7.08. The van der Waals surface area contributed by atoms with Crippen LogP contribution in [0.3, 0.4) is 0 Å². The van der Waals surface area contributed by atoms with Crippen molar-refractivity contribution in [3.63, 3.8) is 0 Å². The molecule has 0 aliphatic heterocycles. The fourth-order valence-electron chi connectivity index (χ4n) is 1.82. The van der Waals surface area contributed by atoms with Crippen LogP contribution in [0, 0.1) is 5.82 Å². The van der Waals surface area contributed by atoms with E-state index >= 15 is 0 Å². The lowest BCUT2D eigenvalue weighted by atomic mass is 10.0. The van der Waals surface area contributed by atoms with Gasteiger partial charge in [0.2, 0.25) is 5.91 Å². The van der Waals surface area contributed by atoms with Crippen LogP contribution in [0.15, 0.2) is 24.3 Å². The van der Waals surface area contributed by atoms with Crippen molar-refractivity contribution in [3.05, 3.63) is 35.6 Å². The Balaban J connectivity index is 2.70. The van der Waals surface area contributed by atoms with Crippen LogP contribution < -0.4 is 10.6 Å². The van der Waals surface area contributed by atoms with Gasteiger partial charge in [-0.1, -0.05) is 12.1 Å². The number of halogens is 1. The minimum atomic E-state index is -0.300. The summed E-state index contributed by atoms with van der Waals surface area (Å²) in [5, 5.41) is 5.60. The summed E-state index contributed by atoms with van der Waals surface area (Å²) in [5.74, 6) is -0.394. The molecule has 1 aromatic carbocycles. The van der Waals surface area contributed by atoms with Crippen molar-refractivity contribution in [1.82, 2.24) is 10.6 Å². The highest BCUT2D eigenvalue weighted by molar-refractivity contribution is 5.78. The molecular formula is C13H19FN2O2. The summed E-state index contributed by atoms with van der Waals surface area (Å²) in [6.45, 7) is 2.11. The summed E-state index contributed by atoms with van der Waals surface area (Å²) in [7, 11) is 3.27. The van der Waals surface area contributed by atoms with Crippen molar-refractivity contribution in [1.29, 1.82) is 0 Å². The monoisotopic (exact) mass is 254 g/mol. The zero-order valence-corrected chi connectivity index (χ0v) is 10.9. The Morgan fingerprint density at radius 2 is 2.00 bits per heavy atom. The molecule has 0 saturated heterocycles. The van der Waals surface area contributed by atoms with Gasteiger partial charge >= 0.3 is 0 Å². The Labute approximate surface area is 107 Å². The smallest absolute Gasteiger partial charge is 0.234 e. The molecule has 0 aliphatic rings. The minimum absolute atomic E-state index is 0.103. The predicted octanol–water partition coefficient (Wildman–Crippen LogP) is 1.24. The summed E-state index contributed by atoms with van der Waals surface area (Å²) in [6, 6.07) is 5.88. The normalized spacial score (nSPS) is 14.0. The number of benzene rings is 1. The minimum Gasteiger partial charge on any atom is -0.375 e. The third-order valence-electron chi connectivity index (χ3n) is 2.63. The topological polar surface area (TPSA) is 50.4 Å². The van der Waals surface area contributed by atoms with Crippen LogP contribution in [0.1, 0.15) is 18.6 Å². The van der Waals surface area contributed by atoms with Crippen LogP contribution in [0.5, 0.6) is 0 Å². The molecule has 0 heterocycles. The lowest BCUT2D eigenvalue weighted by Crippen LogP contribution is -2.41. The van der Waals surface area contributed by atoms with Gasteiger partial charge in [-0.3, -0.25) is 4.79 Å². The zero-order valence-electron chi connectivity index (χ0n) is 10.9. The van der Waals surface area contributed by atoms with Crippen molar-refractivity contribution in [2.75, 3.05) is 20.7 Å². The molecule has 0 spiro atoms. The van der Waals surface area contributed by atoms with Crippen molar-refractivity contribution in [2.45, 2.75) is 19.1 Å². The van der Waals surface area contributed by atoms with Crippen LogP contribution in [0.25, 0.3) is 0 Å². The molecule has 2 N–H and O–H groups in total. The van der Waals surface area contributed by atoms with E-state index in [1.54, 1.807) is 26.3 Å². The molecule has 100 valence electrons. The lowest BCUT2D eigenvalue weighted by molar-refractivity contribution is -0.121. The van der Waals surface area contributed by atoms with Crippen molar-refractivity contribution >= 4 is 5.91 Å². The van der Waals surface area contributed by atoms with Crippen LogP contribution in [0.4, 0.5) is 4.39 Å². The van der Waals surface area contributed by atoms with Crippen LogP contribution >= 0.6 is 0 Å². The average molecular weight is 254 g/mol. The van der Waals surface area contributed by atoms with E-state index in [4.69, 9.17) is 4.74 Å². The Kier molecular flexibility index (Phi) is 5.74.